The molecule has 0 saturated carbocycles. The summed E-state index contributed by atoms with van der Waals surface area (Å²) in [5.41, 5.74) is 0. The summed E-state index contributed by atoms with van der Waals surface area (Å²) in [6.45, 7) is 3.26. The number of ether oxygens (including phenoxy) is 2. The molecule has 0 heterocycles. The first-order valence-corrected chi connectivity index (χ1v) is 5.57. The molecular weight excluding hydrogens is 174 g/mol. The van der Waals surface area contributed by atoms with E-state index in [4.69, 9.17) is 9.47 Å². The van der Waals surface area contributed by atoms with Crippen LogP contribution in [0.25, 0.3) is 0 Å². The summed E-state index contributed by atoms with van der Waals surface area (Å²) < 4.78 is 10.1. The van der Waals surface area contributed by atoms with Gasteiger partial charge in [0.2, 0.25) is 0 Å². The van der Waals surface area contributed by atoms with E-state index in [0.717, 1.165) is 25.4 Å². The number of nitrogens with one attached hydrogen (secondary N) is 1. The van der Waals surface area contributed by atoms with Gasteiger partial charge in [0.15, 0.2) is 0 Å². The molecule has 0 aliphatic heterocycles. The van der Waals surface area contributed by atoms with Crippen molar-refractivity contribution in [3.05, 3.63) is 0 Å². The van der Waals surface area contributed by atoms with Crippen molar-refractivity contribution in [2.75, 3.05) is 45.6 Å². The van der Waals surface area contributed by atoms with Crippen molar-refractivity contribution in [2.45, 2.75) is 6.42 Å². The summed E-state index contributed by atoms with van der Waals surface area (Å²) in [7, 11) is 1.68. The highest BCUT2D eigenvalue weighted by Crippen LogP contribution is 1.86. The van der Waals surface area contributed by atoms with Crippen molar-refractivity contribution in [3.63, 3.8) is 0 Å². The zero-order valence-electron chi connectivity index (χ0n) is 7.97. The first kappa shape index (κ1) is 12.2. The predicted molar refractivity (Wildman–Crippen MR) is 53.7 cm³/mol. The van der Waals surface area contributed by atoms with Crippen LogP contribution < -0.4 is 5.32 Å². The van der Waals surface area contributed by atoms with E-state index in [1.165, 1.54) is 0 Å². The molecule has 0 radical (unpaired) electrons. The zero-order valence-corrected chi connectivity index (χ0v) is 8.78. The predicted octanol–water partition coefficient (Wildman–Crippen LogP) is 0.950. The van der Waals surface area contributed by atoms with Gasteiger partial charge in [-0.2, -0.15) is 0 Å². The number of methoxy groups -OCH3 is 1. The van der Waals surface area contributed by atoms with Crippen LogP contribution in [0.4, 0.5) is 0 Å². The Hall–Kier alpha value is 0.230. The molecule has 4 heteroatoms. The van der Waals surface area contributed by atoms with Crippen LogP contribution in [0.3, 0.4) is 0 Å². The quantitative estimate of drug-likeness (QED) is 0.436. The number of rotatable bonds is 9. The monoisotopic (exact) mass is 193 g/mol. The third-order valence-corrected chi connectivity index (χ3v) is 1.81. The van der Waals surface area contributed by atoms with Crippen LogP contribution in [0.1, 0.15) is 6.42 Å². The molecule has 12 heavy (non-hydrogen) atoms. The molecule has 1 N–H and O–H groups in total. The van der Waals surface area contributed by atoms with E-state index < -0.39 is 0 Å². The lowest BCUT2D eigenvalue weighted by Crippen LogP contribution is -2.16. The molecule has 0 saturated heterocycles. The van der Waals surface area contributed by atoms with E-state index in [9.17, 15) is 0 Å². The summed E-state index contributed by atoms with van der Waals surface area (Å²) >= 11 is 1.80. The SMILES string of the molecule is COCCOCCCNCSC. The molecule has 0 rings (SSSR count). The molecule has 0 aliphatic rings. The second-order valence-electron chi connectivity index (χ2n) is 2.39. The zero-order chi connectivity index (χ0) is 9.07. The molecule has 0 amide bonds. The maximum atomic E-state index is 5.28. The fourth-order valence-electron chi connectivity index (χ4n) is 0.718. The average molecular weight is 193 g/mol. The maximum Gasteiger partial charge on any atom is 0.0700 e. The Labute approximate surface area is 79.2 Å². The van der Waals surface area contributed by atoms with Crippen molar-refractivity contribution in [1.29, 1.82) is 0 Å². The first-order valence-electron chi connectivity index (χ1n) is 4.18. The summed E-state index contributed by atoms with van der Waals surface area (Å²) in [5.74, 6) is 1.03. The van der Waals surface area contributed by atoms with Crippen LogP contribution in [0, 0.1) is 0 Å². The van der Waals surface area contributed by atoms with Crippen molar-refractivity contribution in [3.8, 4) is 0 Å². The molecule has 0 unspecified atom stereocenters. The lowest BCUT2D eigenvalue weighted by Gasteiger charge is -2.03. The third kappa shape index (κ3) is 10.2. The van der Waals surface area contributed by atoms with Crippen molar-refractivity contribution in [2.24, 2.45) is 0 Å². The van der Waals surface area contributed by atoms with Gasteiger partial charge in [0.1, 0.15) is 0 Å². The number of thioether (sulfide) groups is 1. The van der Waals surface area contributed by atoms with E-state index >= 15 is 0 Å². The van der Waals surface area contributed by atoms with E-state index in [0.29, 0.717) is 13.2 Å². The Balaban J connectivity index is 2.73. The van der Waals surface area contributed by atoms with Crippen molar-refractivity contribution in [1.82, 2.24) is 5.32 Å². The second-order valence-corrected chi connectivity index (χ2v) is 3.26. The summed E-state index contributed by atoms with van der Waals surface area (Å²) in [4.78, 5) is 0. The van der Waals surface area contributed by atoms with Crippen LogP contribution in [0.15, 0.2) is 0 Å². The summed E-state index contributed by atoms with van der Waals surface area (Å²) in [6.07, 6.45) is 3.16. The third-order valence-electron chi connectivity index (χ3n) is 1.32. The van der Waals surface area contributed by atoms with Gasteiger partial charge in [-0.1, -0.05) is 0 Å². The van der Waals surface area contributed by atoms with E-state index in [2.05, 4.69) is 11.6 Å². The highest BCUT2D eigenvalue weighted by atomic mass is 32.2. The lowest BCUT2D eigenvalue weighted by atomic mass is 10.4. The Morgan fingerprint density at radius 2 is 2.08 bits per heavy atom. The van der Waals surface area contributed by atoms with Gasteiger partial charge in [0.05, 0.1) is 13.2 Å². The summed E-state index contributed by atoms with van der Waals surface area (Å²) in [6, 6.07) is 0. The van der Waals surface area contributed by atoms with Gasteiger partial charge >= 0.3 is 0 Å². The smallest absolute Gasteiger partial charge is 0.0700 e. The minimum Gasteiger partial charge on any atom is -0.382 e. The molecule has 0 atom stereocenters. The minimum absolute atomic E-state index is 0.693. The molecule has 0 aromatic carbocycles. The number of hydrogen-bond acceptors (Lipinski definition) is 4. The Bertz CT molecular complexity index is 73.5. The first-order chi connectivity index (χ1) is 5.91. The molecular formula is C8H19NO2S. The van der Waals surface area contributed by atoms with Gasteiger partial charge in [0, 0.05) is 19.6 Å². The maximum absolute atomic E-state index is 5.28. The van der Waals surface area contributed by atoms with Crippen molar-refractivity contribution < 1.29 is 9.47 Å². The summed E-state index contributed by atoms with van der Waals surface area (Å²) in [5, 5.41) is 3.28. The van der Waals surface area contributed by atoms with Crippen LogP contribution in [-0.4, -0.2) is 45.6 Å². The van der Waals surface area contributed by atoms with Crippen LogP contribution >= 0.6 is 11.8 Å². The lowest BCUT2D eigenvalue weighted by molar-refractivity contribution is 0.0696. The standard InChI is InChI=1S/C8H19NO2S/c1-10-6-7-11-5-3-4-9-8-12-2/h9H,3-8H2,1-2H3. The van der Waals surface area contributed by atoms with Gasteiger partial charge < -0.3 is 14.8 Å². The highest BCUT2D eigenvalue weighted by Gasteiger charge is 1.88. The van der Waals surface area contributed by atoms with Gasteiger partial charge in [-0.25, -0.2) is 0 Å². The minimum atomic E-state index is 0.693. The van der Waals surface area contributed by atoms with Gasteiger partial charge in [0.25, 0.3) is 0 Å². The van der Waals surface area contributed by atoms with Gasteiger partial charge in [-0.3, -0.25) is 0 Å². The normalized spacial score (nSPS) is 10.5. The molecule has 0 aromatic heterocycles. The molecule has 0 spiro atoms. The number of hydrogen-bond donors (Lipinski definition) is 1. The van der Waals surface area contributed by atoms with E-state index in [-0.39, 0.29) is 0 Å². The van der Waals surface area contributed by atoms with Crippen LogP contribution in [0.5, 0.6) is 0 Å². The Morgan fingerprint density at radius 1 is 1.25 bits per heavy atom. The molecule has 0 bridgehead atoms. The van der Waals surface area contributed by atoms with Crippen LogP contribution in [0.2, 0.25) is 0 Å². The average Bonchev–Trinajstić information content (AvgIpc) is 2.10. The van der Waals surface area contributed by atoms with E-state index in [1.54, 1.807) is 18.9 Å². The fourth-order valence-corrected chi connectivity index (χ4v) is 1.07. The topological polar surface area (TPSA) is 30.5 Å². The molecule has 0 aromatic rings. The molecule has 3 nitrogen and oxygen atoms in total. The van der Waals surface area contributed by atoms with Crippen LogP contribution in [-0.2, 0) is 9.47 Å². The van der Waals surface area contributed by atoms with Crippen molar-refractivity contribution >= 4 is 11.8 Å². The Morgan fingerprint density at radius 3 is 2.75 bits per heavy atom. The molecule has 74 valence electrons. The largest absolute Gasteiger partial charge is 0.382 e. The van der Waals surface area contributed by atoms with Gasteiger partial charge in [-0.15, -0.1) is 11.8 Å². The molecule has 0 fully saturated rings. The fraction of sp³-hybridized carbons (Fsp3) is 1.00. The Kier molecular flexibility index (Phi) is 11.4. The second kappa shape index (κ2) is 11.2. The highest BCUT2D eigenvalue weighted by molar-refractivity contribution is 7.98. The van der Waals surface area contributed by atoms with E-state index in [1.807, 2.05) is 0 Å². The van der Waals surface area contributed by atoms with Gasteiger partial charge in [-0.05, 0) is 19.2 Å². The molecule has 0 aliphatic carbocycles.